The lowest BCUT2D eigenvalue weighted by Crippen LogP contribution is -3.29. The van der Waals surface area contributed by atoms with Crippen LogP contribution in [0, 0.1) is 0 Å². The first-order valence-electron chi connectivity index (χ1n) is 8.29. The van der Waals surface area contributed by atoms with Gasteiger partial charge in [-0.05, 0) is 19.1 Å². The summed E-state index contributed by atoms with van der Waals surface area (Å²) in [5.41, 5.74) is 0. The molecule has 5 heteroatoms. The molecular formula is C16H27N3O2+2. The normalized spacial score (nSPS) is 27.8. The number of carbonyl (C=O) groups is 1. The third-order valence-corrected chi connectivity index (χ3v) is 5.19. The number of nitrogens with zero attached hydrogens (tertiary/aromatic N) is 1. The fraction of sp³-hybridized carbons (Fsp3) is 0.688. The summed E-state index contributed by atoms with van der Waals surface area (Å²) in [6.45, 7) is 10.5. The van der Waals surface area contributed by atoms with E-state index in [1.54, 1.807) is 28.2 Å². The Morgan fingerprint density at radius 1 is 1.29 bits per heavy atom. The second-order valence-electron chi connectivity index (χ2n) is 6.31. The summed E-state index contributed by atoms with van der Waals surface area (Å²) >= 11 is 0. The van der Waals surface area contributed by atoms with Gasteiger partial charge in [-0.3, -0.25) is 4.79 Å². The van der Waals surface area contributed by atoms with Crippen LogP contribution in [0.2, 0.25) is 0 Å². The van der Waals surface area contributed by atoms with E-state index in [0.717, 1.165) is 32.0 Å². The van der Waals surface area contributed by atoms with Crippen molar-refractivity contribution in [3.05, 3.63) is 24.2 Å². The topological polar surface area (TPSA) is 42.3 Å². The standard InChI is InChI=1S/C16H25N3O2/c1-2-17-9-11-18(12-10-17)14-5-7-19(8-6-14)16(20)15-4-3-13-21-15/h3-4,13-14H,2,5-12H2,1H3/p+2. The molecule has 0 spiro atoms. The Bertz CT molecular complexity index is 444. The van der Waals surface area contributed by atoms with Crippen LogP contribution in [0.15, 0.2) is 22.8 Å². The average molecular weight is 293 g/mol. The summed E-state index contributed by atoms with van der Waals surface area (Å²) in [6.07, 6.45) is 3.83. The van der Waals surface area contributed by atoms with E-state index in [1.165, 1.54) is 32.7 Å². The predicted molar refractivity (Wildman–Crippen MR) is 79.6 cm³/mol. The SMILES string of the molecule is CC[NH+]1CC[NH+](C2CCN(C(=O)c3ccco3)CC2)CC1. The van der Waals surface area contributed by atoms with Crippen molar-refractivity contribution in [1.29, 1.82) is 0 Å². The molecule has 0 aromatic carbocycles. The number of likely N-dealkylation sites (tertiary alicyclic amines) is 1. The largest absolute Gasteiger partial charge is 0.459 e. The maximum atomic E-state index is 12.2. The lowest BCUT2D eigenvalue weighted by Gasteiger charge is -2.38. The molecule has 2 saturated heterocycles. The van der Waals surface area contributed by atoms with E-state index >= 15 is 0 Å². The fourth-order valence-corrected chi connectivity index (χ4v) is 3.73. The van der Waals surface area contributed by atoms with E-state index in [2.05, 4.69) is 6.92 Å². The third kappa shape index (κ3) is 3.30. The Balaban J connectivity index is 1.48. The van der Waals surface area contributed by atoms with Gasteiger partial charge >= 0.3 is 0 Å². The molecule has 1 aromatic rings. The van der Waals surface area contributed by atoms with Gasteiger partial charge in [0.1, 0.15) is 26.2 Å². The van der Waals surface area contributed by atoms with Gasteiger partial charge in [0.2, 0.25) is 0 Å². The van der Waals surface area contributed by atoms with Crippen LogP contribution >= 0.6 is 0 Å². The predicted octanol–water partition coefficient (Wildman–Crippen LogP) is -1.31. The third-order valence-electron chi connectivity index (χ3n) is 5.19. The Hall–Kier alpha value is -1.33. The van der Waals surface area contributed by atoms with E-state index in [9.17, 15) is 4.79 Å². The number of piperazine rings is 1. The van der Waals surface area contributed by atoms with Crippen molar-refractivity contribution < 1.29 is 19.0 Å². The zero-order valence-corrected chi connectivity index (χ0v) is 12.9. The summed E-state index contributed by atoms with van der Waals surface area (Å²) in [5, 5.41) is 0. The Labute approximate surface area is 126 Å². The van der Waals surface area contributed by atoms with Gasteiger partial charge in [-0.2, -0.15) is 0 Å². The average Bonchev–Trinajstić information content (AvgIpc) is 3.09. The smallest absolute Gasteiger partial charge is 0.289 e. The van der Waals surface area contributed by atoms with Crippen LogP contribution in [0.25, 0.3) is 0 Å². The maximum Gasteiger partial charge on any atom is 0.289 e. The van der Waals surface area contributed by atoms with E-state index in [4.69, 9.17) is 4.42 Å². The van der Waals surface area contributed by atoms with Gasteiger partial charge in [0.05, 0.1) is 18.8 Å². The molecule has 0 aliphatic carbocycles. The summed E-state index contributed by atoms with van der Waals surface area (Å²) in [6, 6.07) is 4.27. The van der Waals surface area contributed by atoms with Crippen LogP contribution in [-0.2, 0) is 0 Å². The van der Waals surface area contributed by atoms with Gasteiger partial charge in [0.25, 0.3) is 5.91 Å². The van der Waals surface area contributed by atoms with Gasteiger partial charge in [-0.15, -0.1) is 0 Å². The highest BCUT2D eigenvalue weighted by Crippen LogP contribution is 2.13. The summed E-state index contributed by atoms with van der Waals surface area (Å²) in [7, 11) is 0. The number of likely N-dealkylation sites (N-methyl/N-ethyl adjacent to an activating group) is 1. The lowest BCUT2D eigenvalue weighted by molar-refractivity contribution is -1.02. The molecule has 2 N–H and O–H groups in total. The summed E-state index contributed by atoms with van der Waals surface area (Å²) < 4.78 is 5.22. The number of furan rings is 1. The van der Waals surface area contributed by atoms with Crippen molar-refractivity contribution in [2.45, 2.75) is 25.8 Å². The van der Waals surface area contributed by atoms with Crippen molar-refractivity contribution in [2.24, 2.45) is 0 Å². The molecule has 3 rings (SSSR count). The minimum atomic E-state index is 0.0497. The molecule has 0 radical (unpaired) electrons. The van der Waals surface area contributed by atoms with Crippen LogP contribution < -0.4 is 9.80 Å². The number of rotatable bonds is 3. The number of piperidine rings is 1. The number of amides is 1. The molecule has 2 fully saturated rings. The second kappa shape index (κ2) is 6.62. The molecule has 116 valence electrons. The number of hydrogen-bond donors (Lipinski definition) is 2. The summed E-state index contributed by atoms with van der Waals surface area (Å²) in [4.78, 5) is 17.7. The van der Waals surface area contributed by atoms with E-state index < -0.39 is 0 Å². The van der Waals surface area contributed by atoms with Crippen LogP contribution in [-0.4, -0.2) is 62.7 Å². The molecule has 3 heterocycles. The molecule has 5 nitrogen and oxygen atoms in total. The van der Waals surface area contributed by atoms with Crippen LogP contribution in [0.5, 0.6) is 0 Å². The highest BCUT2D eigenvalue weighted by molar-refractivity contribution is 5.91. The zero-order valence-electron chi connectivity index (χ0n) is 12.9. The maximum absolute atomic E-state index is 12.2. The van der Waals surface area contributed by atoms with Gasteiger partial charge in [-0.25, -0.2) is 0 Å². The highest BCUT2D eigenvalue weighted by atomic mass is 16.3. The van der Waals surface area contributed by atoms with Gasteiger partial charge in [0, 0.05) is 25.9 Å². The number of nitrogens with one attached hydrogen (secondary N) is 2. The number of hydrogen-bond acceptors (Lipinski definition) is 2. The van der Waals surface area contributed by atoms with Crippen LogP contribution in [0.4, 0.5) is 0 Å². The quantitative estimate of drug-likeness (QED) is 0.726. The zero-order chi connectivity index (χ0) is 14.7. The Morgan fingerprint density at radius 3 is 2.57 bits per heavy atom. The Morgan fingerprint density at radius 2 is 2.00 bits per heavy atom. The molecule has 0 atom stereocenters. The second-order valence-corrected chi connectivity index (χ2v) is 6.31. The van der Waals surface area contributed by atoms with Crippen molar-refractivity contribution in [3.63, 3.8) is 0 Å². The molecular weight excluding hydrogens is 266 g/mol. The Kier molecular flexibility index (Phi) is 4.60. The molecule has 0 bridgehead atoms. The fourth-order valence-electron chi connectivity index (χ4n) is 3.73. The van der Waals surface area contributed by atoms with Gasteiger partial charge < -0.3 is 19.1 Å². The number of quaternary nitrogens is 2. The van der Waals surface area contributed by atoms with Gasteiger partial charge in [-0.1, -0.05) is 0 Å². The molecule has 0 unspecified atom stereocenters. The molecule has 2 aliphatic heterocycles. The first-order valence-corrected chi connectivity index (χ1v) is 8.29. The highest BCUT2D eigenvalue weighted by Gasteiger charge is 2.33. The monoisotopic (exact) mass is 293 g/mol. The van der Waals surface area contributed by atoms with Gasteiger partial charge in [0.15, 0.2) is 5.76 Å². The van der Waals surface area contributed by atoms with Crippen molar-refractivity contribution in [1.82, 2.24) is 4.90 Å². The van der Waals surface area contributed by atoms with Crippen molar-refractivity contribution >= 4 is 5.91 Å². The van der Waals surface area contributed by atoms with Crippen LogP contribution in [0.1, 0.15) is 30.3 Å². The van der Waals surface area contributed by atoms with Crippen LogP contribution in [0.3, 0.4) is 0 Å². The molecule has 2 aliphatic rings. The van der Waals surface area contributed by atoms with Crippen molar-refractivity contribution in [3.8, 4) is 0 Å². The molecule has 0 saturated carbocycles. The lowest BCUT2D eigenvalue weighted by atomic mass is 10.0. The van der Waals surface area contributed by atoms with E-state index in [0.29, 0.717) is 5.76 Å². The van der Waals surface area contributed by atoms with E-state index in [-0.39, 0.29) is 5.91 Å². The molecule has 1 amide bonds. The first kappa shape index (κ1) is 14.6. The first-order chi connectivity index (χ1) is 10.3. The van der Waals surface area contributed by atoms with E-state index in [1.807, 2.05) is 4.90 Å². The summed E-state index contributed by atoms with van der Waals surface area (Å²) in [5.74, 6) is 0.523. The number of carbonyl (C=O) groups excluding carboxylic acids is 1. The minimum Gasteiger partial charge on any atom is -0.459 e. The van der Waals surface area contributed by atoms with Crippen molar-refractivity contribution in [2.75, 3.05) is 45.8 Å². The minimum absolute atomic E-state index is 0.0497. The molecule has 21 heavy (non-hydrogen) atoms. The molecule has 1 aromatic heterocycles.